The third-order valence-electron chi connectivity index (χ3n) is 5.25. The first-order chi connectivity index (χ1) is 15.4. The van der Waals surface area contributed by atoms with Crippen LogP contribution in [0.15, 0.2) is 42.5 Å². The molecule has 0 aromatic heterocycles. The number of ether oxygens (including phenoxy) is 1. The molecule has 0 aliphatic carbocycles. The Balaban J connectivity index is 2.01. The number of amides is 2. The molecule has 0 saturated carbocycles. The van der Waals surface area contributed by atoms with Gasteiger partial charge in [0.25, 0.3) is 0 Å². The van der Waals surface area contributed by atoms with Crippen LogP contribution in [0.2, 0.25) is 0 Å². The summed E-state index contributed by atoms with van der Waals surface area (Å²) in [6, 6.07) is 10.4. The van der Waals surface area contributed by atoms with Crippen molar-refractivity contribution in [2.45, 2.75) is 65.8 Å². The molecule has 0 aliphatic heterocycles. The van der Waals surface area contributed by atoms with E-state index in [2.05, 4.69) is 26.1 Å². The minimum Gasteiger partial charge on any atom is -0.494 e. The number of hydrogen-bond donors (Lipinski definition) is 1. The zero-order valence-corrected chi connectivity index (χ0v) is 19.5. The number of nitrogens with one attached hydrogen (secondary N) is 1. The summed E-state index contributed by atoms with van der Waals surface area (Å²) in [4.78, 5) is 14.5. The first-order valence-electron chi connectivity index (χ1n) is 11.6. The maximum Gasteiger partial charge on any atom is 0.322 e. The van der Waals surface area contributed by atoms with Crippen molar-refractivity contribution in [3.63, 3.8) is 0 Å². The van der Waals surface area contributed by atoms with Crippen molar-refractivity contribution in [3.05, 3.63) is 59.7 Å². The molecule has 0 atom stereocenters. The lowest BCUT2D eigenvalue weighted by Crippen LogP contribution is -2.35. The number of carbonyl (C=O) groups is 1. The monoisotopic (exact) mass is 446 g/mol. The standard InChI is InChI=1S/C26H36F2N2O2/c1-4-5-6-7-8-16-30(26(31)29-25-14-11-22(27)18-24(25)28)19-21-9-12-23(13-10-21)32-17-15-20(2)3/h9-14,18,20H,4-8,15-17,19H2,1-3H3,(H,29,31). The smallest absolute Gasteiger partial charge is 0.322 e. The summed E-state index contributed by atoms with van der Waals surface area (Å²) in [5, 5.41) is 2.58. The minimum atomic E-state index is -0.788. The molecule has 32 heavy (non-hydrogen) atoms. The summed E-state index contributed by atoms with van der Waals surface area (Å²) < 4.78 is 32.9. The van der Waals surface area contributed by atoms with Crippen LogP contribution in [0.5, 0.6) is 5.75 Å². The van der Waals surface area contributed by atoms with Crippen LogP contribution in [0.25, 0.3) is 0 Å². The number of benzene rings is 2. The maximum absolute atomic E-state index is 14.0. The molecular weight excluding hydrogens is 410 g/mol. The molecule has 4 nitrogen and oxygen atoms in total. The molecule has 0 heterocycles. The molecular formula is C26H36F2N2O2. The van der Waals surface area contributed by atoms with Gasteiger partial charge in [0, 0.05) is 19.2 Å². The van der Waals surface area contributed by atoms with E-state index in [1.54, 1.807) is 4.90 Å². The van der Waals surface area contributed by atoms with Crippen LogP contribution in [0.1, 0.15) is 64.9 Å². The van der Waals surface area contributed by atoms with E-state index >= 15 is 0 Å². The summed E-state index contributed by atoms with van der Waals surface area (Å²) in [5.74, 6) is -0.0731. The Morgan fingerprint density at radius 3 is 2.41 bits per heavy atom. The quantitative estimate of drug-likeness (QED) is 0.326. The second-order valence-electron chi connectivity index (χ2n) is 8.57. The number of anilines is 1. The first-order valence-corrected chi connectivity index (χ1v) is 11.6. The zero-order chi connectivity index (χ0) is 23.3. The lowest BCUT2D eigenvalue weighted by molar-refractivity contribution is 0.207. The molecule has 0 unspecified atom stereocenters. The summed E-state index contributed by atoms with van der Waals surface area (Å²) in [5.41, 5.74) is 0.936. The molecule has 0 aliphatic rings. The van der Waals surface area contributed by atoms with E-state index in [9.17, 15) is 13.6 Å². The third-order valence-corrected chi connectivity index (χ3v) is 5.25. The number of nitrogens with zero attached hydrogens (tertiary/aromatic N) is 1. The van der Waals surface area contributed by atoms with Crippen LogP contribution in [0.3, 0.4) is 0 Å². The van der Waals surface area contributed by atoms with Gasteiger partial charge in [-0.2, -0.15) is 0 Å². The molecule has 0 spiro atoms. The Kier molecular flexibility index (Phi) is 11.0. The molecule has 0 radical (unpaired) electrons. The maximum atomic E-state index is 14.0. The Hall–Kier alpha value is -2.63. The van der Waals surface area contributed by atoms with Crippen molar-refractivity contribution in [3.8, 4) is 5.75 Å². The molecule has 1 N–H and O–H groups in total. The number of carbonyl (C=O) groups excluding carboxylic acids is 1. The number of urea groups is 1. The van der Waals surface area contributed by atoms with Crippen molar-refractivity contribution in [2.24, 2.45) is 5.92 Å². The van der Waals surface area contributed by atoms with E-state index in [0.29, 0.717) is 25.6 Å². The predicted octanol–water partition coefficient (Wildman–Crippen LogP) is 7.39. The fourth-order valence-electron chi connectivity index (χ4n) is 3.27. The Bertz CT molecular complexity index is 825. The molecule has 0 saturated heterocycles. The highest BCUT2D eigenvalue weighted by Gasteiger charge is 2.16. The van der Waals surface area contributed by atoms with Crippen LogP contribution in [0.4, 0.5) is 19.3 Å². The van der Waals surface area contributed by atoms with Gasteiger partial charge in [0.05, 0.1) is 12.3 Å². The Labute approximate surface area is 191 Å². The van der Waals surface area contributed by atoms with E-state index in [0.717, 1.165) is 55.5 Å². The minimum absolute atomic E-state index is 0.0266. The topological polar surface area (TPSA) is 41.6 Å². The average molecular weight is 447 g/mol. The molecule has 2 aromatic carbocycles. The van der Waals surface area contributed by atoms with Crippen LogP contribution >= 0.6 is 0 Å². The lowest BCUT2D eigenvalue weighted by Gasteiger charge is -2.24. The second kappa shape index (κ2) is 13.7. The lowest BCUT2D eigenvalue weighted by atomic mass is 10.1. The van der Waals surface area contributed by atoms with Crippen LogP contribution < -0.4 is 10.1 Å². The van der Waals surface area contributed by atoms with Crippen LogP contribution in [-0.2, 0) is 6.54 Å². The van der Waals surface area contributed by atoms with Gasteiger partial charge in [0.15, 0.2) is 0 Å². The summed E-state index contributed by atoms with van der Waals surface area (Å²) >= 11 is 0. The molecule has 0 fully saturated rings. The predicted molar refractivity (Wildman–Crippen MR) is 126 cm³/mol. The van der Waals surface area contributed by atoms with Gasteiger partial charge in [0.2, 0.25) is 0 Å². The van der Waals surface area contributed by atoms with Crippen LogP contribution in [-0.4, -0.2) is 24.1 Å². The Morgan fingerprint density at radius 2 is 1.75 bits per heavy atom. The van der Waals surface area contributed by atoms with Crippen molar-refractivity contribution in [1.29, 1.82) is 0 Å². The molecule has 0 bridgehead atoms. The van der Waals surface area contributed by atoms with E-state index < -0.39 is 17.7 Å². The van der Waals surface area contributed by atoms with Gasteiger partial charge in [-0.1, -0.05) is 58.6 Å². The molecule has 176 valence electrons. The third kappa shape index (κ3) is 9.25. The fourth-order valence-corrected chi connectivity index (χ4v) is 3.27. The fraction of sp³-hybridized carbons (Fsp3) is 0.500. The number of rotatable bonds is 13. The number of unbranched alkanes of at least 4 members (excludes halogenated alkanes) is 4. The summed E-state index contributed by atoms with van der Waals surface area (Å²) in [6.07, 6.45) is 6.35. The van der Waals surface area contributed by atoms with Crippen molar-refractivity contribution < 1.29 is 18.3 Å². The number of hydrogen-bond acceptors (Lipinski definition) is 2. The van der Waals surface area contributed by atoms with Gasteiger partial charge in [0.1, 0.15) is 17.4 Å². The highest BCUT2D eigenvalue weighted by molar-refractivity contribution is 5.89. The average Bonchev–Trinajstić information content (AvgIpc) is 2.75. The number of halogens is 2. The van der Waals surface area contributed by atoms with Gasteiger partial charge >= 0.3 is 6.03 Å². The highest BCUT2D eigenvalue weighted by atomic mass is 19.1. The van der Waals surface area contributed by atoms with Gasteiger partial charge in [-0.15, -0.1) is 0 Å². The second-order valence-corrected chi connectivity index (χ2v) is 8.57. The van der Waals surface area contributed by atoms with Crippen molar-refractivity contribution >= 4 is 11.7 Å². The normalized spacial score (nSPS) is 10.9. The molecule has 2 amide bonds. The Morgan fingerprint density at radius 1 is 1.03 bits per heavy atom. The van der Waals surface area contributed by atoms with E-state index in [-0.39, 0.29) is 5.69 Å². The van der Waals surface area contributed by atoms with E-state index in [4.69, 9.17) is 4.74 Å². The van der Waals surface area contributed by atoms with Gasteiger partial charge in [-0.05, 0) is 48.6 Å². The SMILES string of the molecule is CCCCCCCN(Cc1ccc(OCCC(C)C)cc1)C(=O)Nc1ccc(F)cc1F. The highest BCUT2D eigenvalue weighted by Crippen LogP contribution is 2.18. The van der Waals surface area contributed by atoms with E-state index in [1.165, 1.54) is 12.5 Å². The first kappa shape index (κ1) is 25.6. The molecule has 6 heteroatoms. The van der Waals surface area contributed by atoms with Gasteiger partial charge in [-0.3, -0.25) is 0 Å². The van der Waals surface area contributed by atoms with Crippen LogP contribution in [0, 0.1) is 17.6 Å². The van der Waals surface area contributed by atoms with Crippen molar-refractivity contribution in [1.82, 2.24) is 4.90 Å². The van der Waals surface area contributed by atoms with E-state index in [1.807, 2.05) is 24.3 Å². The molecule has 2 aromatic rings. The van der Waals surface area contributed by atoms with Gasteiger partial charge < -0.3 is 15.0 Å². The zero-order valence-electron chi connectivity index (χ0n) is 19.5. The summed E-state index contributed by atoms with van der Waals surface area (Å²) in [6.45, 7) is 8.11. The summed E-state index contributed by atoms with van der Waals surface area (Å²) in [7, 11) is 0. The molecule has 2 rings (SSSR count). The van der Waals surface area contributed by atoms with Crippen molar-refractivity contribution in [2.75, 3.05) is 18.5 Å². The van der Waals surface area contributed by atoms with Gasteiger partial charge in [-0.25, -0.2) is 13.6 Å². The largest absolute Gasteiger partial charge is 0.494 e.